The highest BCUT2D eigenvalue weighted by atomic mass is 16.6. The summed E-state index contributed by atoms with van der Waals surface area (Å²) in [5.74, 6) is 6.08. The maximum atomic E-state index is 13.7. The van der Waals surface area contributed by atoms with Crippen LogP contribution in [0.4, 0.5) is 0 Å². The first-order valence-corrected chi connectivity index (χ1v) is 11.4. The highest BCUT2D eigenvalue weighted by Crippen LogP contribution is 2.31. The second-order valence-electron chi connectivity index (χ2n) is 8.53. The van der Waals surface area contributed by atoms with Crippen LogP contribution in [-0.4, -0.2) is 23.5 Å². The molecule has 6 heteroatoms. The van der Waals surface area contributed by atoms with E-state index in [-0.39, 0.29) is 18.6 Å². The van der Waals surface area contributed by atoms with E-state index in [1.54, 1.807) is 12.3 Å². The van der Waals surface area contributed by atoms with E-state index in [1.807, 2.05) is 48.5 Å². The van der Waals surface area contributed by atoms with Gasteiger partial charge in [-0.15, -0.1) is 0 Å². The third-order valence-corrected chi connectivity index (χ3v) is 5.89. The van der Waals surface area contributed by atoms with Gasteiger partial charge in [-0.1, -0.05) is 66.7 Å². The summed E-state index contributed by atoms with van der Waals surface area (Å²) in [6.07, 6.45) is 3.90. The molecular weight excluding hydrogens is 438 g/mol. The first-order chi connectivity index (χ1) is 17.0. The van der Waals surface area contributed by atoms with Crippen LogP contribution in [0.5, 0.6) is 11.5 Å². The van der Waals surface area contributed by atoms with Crippen molar-refractivity contribution in [1.29, 1.82) is 0 Å². The molecule has 1 aromatic heterocycles. The Labute approximate surface area is 205 Å². The molecule has 6 nitrogen and oxygen atoms in total. The summed E-state index contributed by atoms with van der Waals surface area (Å²) >= 11 is 0. The molecule has 3 aromatic carbocycles. The molecule has 35 heavy (non-hydrogen) atoms. The molecule has 0 spiro atoms. The Hall–Kier alpha value is -4.00. The number of rotatable bonds is 9. The van der Waals surface area contributed by atoms with Gasteiger partial charge in [-0.05, 0) is 55.2 Å². The zero-order chi connectivity index (χ0) is 24.8. The molecule has 0 aliphatic rings. The lowest BCUT2D eigenvalue weighted by molar-refractivity contribution is 0.0839. The Morgan fingerprint density at radius 2 is 1.94 bits per heavy atom. The summed E-state index contributed by atoms with van der Waals surface area (Å²) in [6.45, 7) is 8.09. The average molecular weight is 468 g/mol. The number of aryl methyl sites for hydroxylation is 2. The normalized spacial score (nSPS) is 11.7. The van der Waals surface area contributed by atoms with Gasteiger partial charge in [-0.25, -0.2) is 5.90 Å². The maximum absolute atomic E-state index is 13.7. The average Bonchev–Trinajstić information content (AvgIpc) is 2.85. The van der Waals surface area contributed by atoms with Gasteiger partial charge in [0.25, 0.3) is 5.91 Å². The number of carbonyl (C=O) groups is 1. The number of carbonyl (C=O) groups excluding carboxylic acids is 1. The van der Waals surface area contributed by atoms with Crippen LogP contribution in [0.15, 0.2) is 79.5 Å². The van der Waals surface area contributed by atoms with Gasteiger partial charge < -0.3 is 14.9 Å². The van der Waals surface area contributed by atoms with Crippen LogP contribution in [0.3, 0.4) is 0 Å². The number of fused-ring (bicyclic) bond motifs is 1. The predicted molar refractivity (Wildman–Crippen MR) is 139 cm³/mol. The molecule has 3 N–H and O–H groups in total. The van der Waals surface area contributed by atoms with Gasteiger partial charge in [-0.2, -0.15) is 0 Å². The number of ether oxygens (including phenoxy) is 1. The Morgan fingerprint density at radius 3 is 2.71 bits per heavy atom. The summed E-state index contributed by atoms with van der Waals surface area (Å²) in [5.41, 5.74) is 5.48. The monoisotopic (exact) mass is 467 g/mol. The molecule has 178 valence electrons. The first-order valence-electron chi connectivity index (χ1n) is 11.4. The number of pyridine rings is 1. The van der Waals surface area contributed by atoms with Crippen LogP contribution >= 0.6 is 0 Å². The molecule has 1 heterocycles. The van der Waals surface area contributed by atoms with Crippen molar-refractivity contribution in [3.63, 3.8) is 0 Å². The third-order valence-electron chi connectivity index (χ3n) is 5.89. The van der Waals surface area contributed by atoms with Crippen molar-refractivity contribution in [1.82, 2.24) is 10.3 Å². The fourth-order valence-electron chi connectivity index (χ4n) is 4.13. The molecule has 0 fully saturated rings. The molecule has 0 unspecified atom stereocenters. The van der Waals surface area contributed by atoms with Crippen molar-refractivity contribution in [2.45, 2.75) is 26.3 Å². The quantitative estimate of drug-likeness (QED) is 0.317. The van der Waals surface area contributed by atoms with E-state index in [4.69, 9.17) is 15.5 Å². The van der Waals surface area contributed by atoms with E-state index in [0.717, 1.165) is 16.7 Å². The lowest BCUT2D eigenvalue weighted by Gasteiger charge is -2.21. The summed E-state index contributed by atoms with van der Waals surface area (Å²) in [7, 11) is 0. The molecular formula is C29H29N3O3. The molecule has 0 aliphatic heterocycles. The smallest absolute Gasteiger partial charge is 0.256 e. The van der Waals surface area contributed by atoms with Gasteiger partial charge >= 0.3 is 0 Å². The van der Waals surface area contributed by atoms with Crippen LogP contribution in [0, 0.1) is 13.8 Å². The van der Waals surface area contributed by atoms with E-state index < -0.39 is 0 Å². The van der Waals surface area contributed by atoms with Crippen LogP contribution in [0.1, 0.15) is 32.6 Å². The van der Waals surface area contributed by atoms with E-state index >= 15 is 0 Å². The zero-order valence-corrected chi connectivity index (χ0v) is 20.0. The Balaban J connectivity index is 1.68. The second kappa shape index (κ2) is 11.0. The molecule has 0 aliphatic carbocycles. The van der Waals surface area contributed by atoms with Crippen molar-refractivity contribution in [2.75, 3.05) is 6.61 Å². The second-order valence-corrected chi connectivity index (χ2v) is 8.53. The predicted octanol–water partition coefficient (Wildman–Crippen LogP) is 5.52. The third kappa shape index (κ3) is 5.74. The van der Waals surface area contributed by atoms with Crippen molar-refractivity contribution in [2.24, 2.45) is 5.90 Å². The summed E-state index contributed by atoms with van der Waals surface area (Å²) in [5, 5.41) is 3.79. The topological polar surface area (TPSA) is 86.5 Å². The molecule has 0 saturated carbocycles. The highest BCUT2D eigenvalue weighted by molar-refractivity contribution is 6.08. The van der Waals surface area contributed by atoms with E-state index in [9.17, 15) is 4.79 Å². The minimum absolute atomic E-state index is 0.166. The molecule has 0 bridgehead atoms. The van der Waals surface area contributed by atoms with Gasteiger partial charge in [0, 0.05) is 5.39 Å². The first kappa shape index (κ1) is 24.1. The Bertz CT molecular complexity index is 1370. The SMILES string of the molecule is C=Cc1cccc(Oc2cnc3ccccc3c2C(=O)N[C@@H](CON)Cc2ccc(C)cc2C)c1. The molecule has 1 amide bonds. The number of benzene rings is 3. The number of para-hydroxylation sites is 1. The maximum Gasteiger partial charge on any atom is 0.256 e. The number of nitrogens with one attached hydrogen (secondary N) is 1. The van der Waals surface area contributed by atoms with Crippen molar-refractivity contribution in [3.05, 3.63) is 107 Å². The standard InChI is InChI=1S/C29H29N3O3/c1-4-21-8-7-9-24(15-21)35-27-17-31-26-11-6-5-10-25(26)28(27)29(33)32-23(18-34-30)16-22-13-12-19(2)14-20(22)3/h4-15,17,23H,1,16,18,30H2,2-3H3,(H,32,33)/t23-/m1/s1. The summed E-state index contributed by atoms with van der Waals surface area (Å²) in [4.78, 5) is 23.1. The minimum atomic E-state index is -0.335. The summed E-state index contributed by atoms with van der Waals surface area (Å²) < 4.78 is 6.15. The van der Waals surface area contributed by atoms with E-state index in [0.29, 0.717) is 34.4 Å². The minimum Gasteiger partial charge on any atom is -0.455 e. The van der Waals surface area contributed by atoms with E-state index in [2.05, 4.69) is 48.9 Å². The van der Waals surface area contributed by atoms with Crippen LogP contribution in [-0.2, 0) is 11.3 Å². The fraction of sp³-hybridized carbons (Fsp3) is 0.172. The number of amides is 1. The molecule has 0 saturated heterocycles. The lowest BCUT2D eigenvalue weighted by Crippen LogP contribution is -2.40. The largest absolute Gasteiger partial charge is 0.455 e. The van der Waals surface area contributed by atoms with E-state index in [1.165, 1.54) is 5.56 Å². The van der Waals surface area contributed by atoms with Gasteiger partial charge in [0.15, 0.2) is 5.75 Å². The van der Waals surface area contributed by atoms with Gasteiger partial charge in [0.05, 0.1) is 29.9 Å². The van der Waals surface area contributed by atoms with Gasteiger partial charge in [0.2, 0.25) is 0 Å². The van der Waals surface area contributed by atoms with Gasteiger partial charge in [0.1, 0.15) is 5.75 Å². The van der Waals surface area contributed by atoms with Crippen LogP contribution in [0.25, 0.3) is 17.0 Å². The highest BCUT2D eigenvalue weighted by Gasteiger charge is 2.22. The van der Waals surface area contributed by atoms with Crippen molar-refractivity contribution >= 4 is 22.9 Å². The number of nitrogens with zero attached hydrogens (tertiary/aromatic N) is 1. The van der Waals surface area contributed by atoms with Crippen molar-refractivity contribution in [3.8, 4) is 11.5 Å². The number of nitrogens with two attached hydrogens (primary N) is 1. The molecule has 0 radical (unpaired) electrons. The Kier molecular flexibility index (Phi) is 7.55. The van der Waals surface area contributed by atoms with Crippen LogP contribution in [0.2, 0.25) is 0 Å². The molecule has 4 rings (SSSR count). The lowest BCUT2D eigenvalue weighted by atomic mass is 9.99. The number of hydrogen-bond acceptors (Lipinski definition) is 5. The van der Waals surface area contributed by atoms with Gasteiger partial charge in [-0.3, -0.25) is 9.78 Å². The Morgan fingerprint density at radius 1 is 1.11 bits per heavy atom. The fourth-order valence-corrected chi connectivity index (χ4v) is 4.13. The number of hydrogen-bond donors (Lipinski definition) is 2. The molecule has 1 atom stereocenters. The summed E-state index contributed by atoms with van der Waals surface area (Å²) in [6, 6.07) is 20.9. The zero-order valence-electron chi connectivity index (χ0n) is 20.0. The molecule has 4 aromatic rings. The van der Waals surface area contributed by atoms with Crippen molar-refractivity contribution < 1.29 is 14.4 Å². The number of aromatic nitrogens is 1. The van der Waals surface area contributed by atoms with Crippen LogP contribution < -0.4 is 16.0 Å².